The van der Waals surface area contributed by atoms with Crippen molar-refractivity contribution in [2.24, 2.45) is 11.7 Å². The van der Waals surface area contributed by atoms with Gasteiger partial charge in [-0.2, -0.15) is 8.42 Å². The van der Waals surface area contributed by atoms with Crippen LogP contribution in [-0.2, 0) is 10.1 Å². The van der Waals surface area contributed by atoms with Crippen LogP contribution in [0.4, 0.5) is 0 Å². The van der Waals surface area contributed by atoms with E-state index in [9.17, 15) is 8.42 Å². The largest absolute Gasteiger partial charge is 0.330 e. The lowest BCUT2D eigenvalue weighted by Crippen LogP contribution is -2.15. The van der Waals surface area contributed by atoms with Gasteiger partial charge in [-0.05, 0) is 18.9 Å². The Balaban J connectivity index is 3.69. The second-order valence-corrected chi connectivity index (χ2v) is 3.93. The van der Waals surface area contributed by atoms with Gasteiger partial charge in [0.25, 0.3) is 10.1 Å². The van der Waals surface area contributed by atoms with Crippen molar-refractivity contribution in [3.8, 4) is 0 Å². The highest BCUT2D eigenvalue weighted by molar-refractivity contribution is 7.85. The average Bonchev–Trinajstić information content (AvgIpc) is 1.59. The number of hydrogen-bond acceptors (Lipinski definition) is 3. The molecule has 0 aliphatic carbocycles. The summed E-state index contributed by atoms with van der Waals surface area (Å²) in [7, 11) is -3.80. The molecule has 1 unspecified atom stereocenters. The first-order valence-corrected chi connectivity index (χ1v) is 4.72. The van der Waals surface area contributed by atoms with Gasteiger partial charge in [-0.3, -0.25) is 4.55 Å². The van der Waals surface area contributed by atoms with Crippen molar-refractivity contribution in [3.63, 3.8) is 0 Å². The van der Waals surface area contributed by atoms with E-state index >= 15 is 0 Å². The first-order chi connectivity index (χ1) is 4.45. The van der Waals surface area contributed by atoms with Crippen molar-refractivity contribution in [3.05, 3.63) is 0 Å². The molecule has 0 fully saturated rings. The molecule has 0 amide bonds. The normalized spacial score (nSPS) is 15.1. The molecule has 4 nitrogen and oxygen atoms in total. The quantitative estimate of drug-likeness (QED) is 0.571. The fourth-order valence-electron chi connectivity index (χ4n) is 0.727. The van der Waals surface area contributed by atoms with Crippen molar-refractivity contribution < 1.29 is 13.0 Å². The molecule has 0 radical (unpaired) electrons. The summed E-state index contributed by atoms with van der Waals surface area (Å²) in [6, 6.07) is 0. The lowest BCUT2D eigenvalue weighted by Gasteiger charge is -2.05. The molecule has 3 N–H and O–H groups in total. The van der Waals surface area contributed by atoms with Crippen LogP contribution in [0.3, 0.4) is 0 Å². The zero-order chi connectivity index (χ0) is 8.20. The van der Waals surface area contributed by atoms with Crippen LogP contribution in [0.25, 0.3) is 0 Å². The molecule has 0 rings (SSSR count). The molecule has 0 aliphatic rings. The molecule has 10 heavy (non-hydrogen) atoms. The van der Waals surface area contributed by atoms with Crippen molar-refractivity contribution in [2.75, 3.05) is 12.3 Å². The van der Waals surface area contributed by atoms with Gasteiger partial charge in [-0.1, -0.05) is 6.92 Å². The van der Waals surface area contributed by atoms with Crippen molar-refractivity contribution in [2.45, 2.75) is 13.3 Å². The fourth-order valence-corrected chi connectivity index (χ4v) is 1.61. The molecule has 5 heteroatoms. The van der Waals surface area contributed by atoms with Gasteiger partial charge < -0.3 is 5.73 Å². The van der Waals surface area contributed by atoms with Crippen molar-refractivity contribution >= 4 is 10.1 Å². The Morgan fingerprint density at radius 1 is 1.60 bits per heavy atom. The maximum atomic E-state index is 10.2. The molecular formula is C5H13NO3S. The summed E-state index contributed by atoms with van der Waals surface area (Å²) in [5, 5.41) is 0. The Kier molecular flexibility index (Phi) is 3.85. The molecule has 62 valence electrons. The predicted octanol–water partition coefficient (Wildman–Crippen LogP) is -0.141. The van der Waals surface area contributed by atoms with E-state index in [4.69, 9.17) is 10.3 Å². The molecular weight excluding hydrogens is 154 g/mol. The number of nitrogens with two attached hydrogens (primary N) is 1. The van der Waals surface area contributed by atoms with Crippen LogP contribution in [0.2, 0.25) is 0 Å². The van der Waals surface area contributed by atoms with Crippen LogP contribution in [0.5, 0.6) is 0 Å². The van der Waals surface area contributed by atoms with Gasteiger partial charge in [-0.15, -0.1) is 0 Å². The summed E-state index contributed by atoms with van der Waals surface area (Å²) in [5.74, 6) is -0.246. The first-order valence-electron chi connectivity index (χ1n) is 3.11. The topological polar surface area (TPSA) is 80.4 Å². The molecule has 0 spiro atoms. The van der Waals surface area contributed by atoms with Crippen LogP contribution in [0.1, 0.15) is 13.3 Å². The SMILES string of the molecule is CC(CCN)CS(=O)(=O)O. The van der Waals surface area contributed by atoms with E-state index < -0.39 is 10.1 Å². The third-order valence-electron chi connectivity index (χ3n) is 1.15. The number of hydrogen-bond donors (Lipinski definition) is 2. The van der Waals surface area contributed by atoms with Crippen LogP contribution in [0, 0.1) is 5.92 Å². The minimum absolute atomic E-state index is 0.0556. The highest BCUT2D eigenvalue weighted by Gasteiger charge is 2.10. The van der Waals surface area contributed by atoms with E-state index in [-0.39, 0.29) is 11.7 Å². The summed E-state index contributed by atoms with van der Waals surface area (Å²) < 4.78 is 28.8. The van der Waals surface area contributed by atoms with Crippen LogP contribution in [-0.4, -0.2) is 25.3 Å². The Morgan fingerprint density at radius 2 is 2.10 bits per heavy atom. The lowest BCUT2D eigenvalue weighted by atomic mass is 10.1. The zero-order valence-electron chi connectivity index (χ0n) is 5.95. The smallest absolute Gasteiger partial charge is 0.265 e. The summed E-state index contributed by atoms with van der Waals surface area (Å²) in [6.45, 7) is 2.19. The van der Waals surface area contributed by atoms with Crippen LogP contribution in [0.15, 0.2) is 0 Å². The molecule has 0 aromatic carbocycles. The Morgan fingerprint density at radius 3 is 2.40 bits per heavy atom. The van der Waals surface area contributed by atoms with Crippen molar-refractivity contribution in [1.82, 2.24) is 0 Å². The van der Waals surface area contributed by atoms with Gasteiger partial charge in [0.2, 0.25) is 0 Å². The van der Waals surface area contributed by atoms with Crippen molar-refractivity contribution in [1.29, 1.82) is 0 Å². The standard InChI is InChI=1S/C5H13NO3S/c1-5(2-3-6)4-10(7,8)9/h5H,2-4,6H2,1H3,(H,7,8,9). The second kappa shape index (κ2) is 3.90. The van der Waals surface area contributed by atoms with Crippen LogP contribution < -0.4 is 5.73 Å². The van der Waals surface area contributed by atoms with Gasteiger partial charge in [0, 0.05) is 0 Å². The fraction of sp³-hybridized carbons (Fsp3) is 1.00. The third-order valence-corrected chi connectivity index (χ3v) is 2.14. The van der Waals surface area contributed by atoms with E-state index in [1.54, 1.807) is 6.92 Å². The molecule has 0 aromatic heterocycles. The maximum absolute atomic E-state index is 10.2. The molecule has 0 saturated carbocycles. The molecule has 1 atom stereocenters. The van der Waals surface area contributed by atoms with Crippen LogP contribution >= 0.6 is 0 Å². The minimum atomic E-state index is -3.80. The second-order valence-electron chi connectivity index (χ2n) is 2.43. The zero-order valence-corrected chi connectivity index (χ0v) is 6.76. The van der Waals surface area contributed by atoms with E-state index in [1.807, 2.05) is 0 Å². The average molecular weight is 167 g/mol. The molecule has 0 bridgehead atoms. The van der Waals surface area contributed by atoms with Gasteiger partial charge in [-0.25, -0.2) is 0 Å². The minimum Gasteiger partial charge on any atom is -0.330 e. The third kappa shape index (κ3) is 6.00. The molecule has 0 aliphatic heterocycles. The Labute approximate surface area is 61.2 Å². The summed E-state index contributed by atoms with van der Waals surface area (Å²) in [5.41, 5.74) is 5.17. The Bertz CT molecular complexity index is 175. The van der Waals surface area contributed by atoms with Gasteiger partial charge in [0.05, 0.1) is 5.75 Å². The summed E-state index contributed by atoms with van der Waals surface area (Å²) in [4.78, 5) is 0. The van der Waals surface area contributed by atoms with Gasteiger partial charge >= 0.3 is 0 Å². The molecule has 0 heterocycles. The summed E-state index contributed by atoms with van der Waals surface area (Å²) in [6.07, 6.45) is 0.625. The van der Waals surface area contributed by atoms with E-state index in [1.165, 1.54) is 0 Å². The molecule has 0 aromatic rings. The lowest BCUT2D eigenvalue weighted by molar-refractivity contribution is 0.465. The maximum Gasteiger partial charge on any atom is 0.265 e. The van der Waals surface area contributed by atoms with Gasteiger partial charge in [0.1, 0.15) is 0 Å². The number of rotatable bonds is 4. The van der Waals surface area contributed by atoms with E-state index in [0.717, 1.165) is 0 Å². The summed E-state index contributed by atoms with van der Waals surface area (Å²) >= 11 is 0. The highest BCUT2D eigenvalue weighted by atomic mass is 32.2. The highest BCUT2D eigenvalue weighted by Crippen LogP contribution is 2.02. The first kappa shape index (κ1) is 9.87. The van der Waals surface area contributed by atoms with Gasteiger partial charge in [0.15, 0.2) is 0 Å². The monoisotopic (exact) mass is 167 g/mol. The predicted molar refractivity (Wildman–Crippen MR) is 39.3 cm³/mol. The van der Waals surface area contributed by atoms with E-state index in [2.05, 4.69) is 0 Å². The van der Waals surface area contributed by atoms with E-state index in [0.29, 0.717) is 13.0 Å². The molecule has 0 saturated heterocycles. The Hall–Kier alpha value is -0.130.